The molecule has 3 rings (SSSR count). The molecule has 0 aliphatic rings. The van der Waals surface area contributed by atoms with Crippen molar-refractivity contribution in [3.05, 3.63) is 72.3 Å². The maximum absolute atomic E-state index is 13.7. The van der Waals surface area contributed by atoms with Crippen molar-refractivity contribution < 1.29 is 9.18 Å². The predicted octanol–water partition coefficient (Wildman–Crippen LogP) is 4.84. The van der Waals surface area contributed by atoms with Crippen LogP contribution >= 0.6 is 12.2 Å². The van der Waals surface area contributed by atoms with Crippen molar-refractivity contribution >= 4 is 40.6 Å². The van der Waals surface area contributed by atoms with Crippen LogP contribution in [0.5, 0.6) is 0 Å². The molecule has 0 aliphatic heterocycles. The second kappa shape index (κ2) is 8.40. The van der Waals surface area contributed by atoms with Gasteiger partial charge in [-0.25, -0.2) is 9.37 Å². The van der Waals surface area contributed by atoms with E-state index in [4.69, 9.17) is 12.2 Å². The normalized spacial score (nSPS) is 11.0. The molecule has 0 aliphatic carbocycles. The Balaban J connectivity index is 1.61. The molecule has 0 fully saturated rings. The number of aromatic nitrogens is 2. The quantitative estimate of drug-likeness (QED) is 0.536. The first-order chi connectivity index (χ1) is 13.7. The van der Waals surface area contributed by atoms with Gasteiger partial charge in [-0.15, -0.1) is 0 Å². The molecule has 1 aromatic heterocycles. The average Bonchev–Trinajstić information content (AvgIpc) is 3.12. The van der Waals surface area contributed by atoms with Crippen LogP contribution in [0.3, 0.4) is 0 Å². The van der Waals surface area contributed by atoms with Gasteiger partial charge < -0.3 is 20.5 Å². The standard InChI is InChI=1S/C21H22FN5OS/c1-21(2,3)27-13-12-23-19(27)26-20(29)25-15-10-8-14(9-11-15)24-18(28)16-6-4-5-7-17(16)22/h4-13H,1-3H3,(H,24,28)(H2,23,25,26,29). The highest BCUT2D eigenvalue weighted by molar-refractivity contribution is 7.80. The lowest BCUT2D eigenvalue weighted by molar-refractivity contribution is 0.102. The second-order valence-corrected chi connectivity index (χ2v) is 7.79. The van der Waals surface area contributed by atoms with Gasteiger partial charge >= 0.3 is 0 Å². The molecular weight excluding hydrogens is 389 g/mol. The van der Waals surface area contributed by atoms with Crippen LogP contribution in [0.1, 0.15) is 31.1 Å². The molecule has 0 bridgehead atoms. The van der Waals surface area contributed by atoms with Crippen LogP contribution in [0.15, 0.2) is 60.9 Å². The van der Waals surface area contributed by atoms with Crippen molar-refractivity contribution in [1.82, 2.24) is 9.55 Å². The van der Waals surface area contributed by atoms with Crippen LogP contribution in [0, 0.1) is 5.82 Å². The summed E-state index contributed by atoms with van der Waals surface area (Å²) in [4.78, 5) is 16.5. The Hall–Kier alpha value is -3.26. The first kappa shape index (κ1) is 20.5. The molecule has 6 nitrogen and oxygen atoms in total. The summed E-state index contributed by atoms with van der Waals surface area (Å²) in [5, 5.41) is 9.22. The number of rotatable bonds is 4. The van der Waals surface area contributed by atoms with Gasteiger partial charge in [0, 0.05) is 29.3 Å². The number of anilines is 3. The minimum Gasteiger partial charge on any atom is -0.332 e. The highest BCUT2D eigenvalue weighted by Crippen LogP contribution is 2.20. The lowest BCUT2D eigenvalue weighted by Crippen LogP contribution is -2.27. The Morgan fingerprint density at radius 3 is 2.24 bits per heavy atom. The van der Waals surface area contributed by atoms with E-state index in [1.807, 2.05) is 10.8 Å². The van der Waals surface area contributed by atoms with Crippen molar-refractivity contribution in [3.63, 3.8) is 0 Å². The number of imidazole rings is 1. The Morgan fingerprint density at radius 1 is 1.00 bits per heavy atom. The van der Waals surface area contributed by atoms with Gasteiger partial charge in [0.1, 0.15) is 5.82 Å². The number of carbonyl (C=O) groups excluding carboxylic acids is 1. The molecule has 1 amide bonds. The fraction of sp³-hybridized carbons (Fsp3) is 0.190. The molecule has 2 aromatic carbocycles. The number of nitrogens with zero attached hydrogens (tertiary/aromatic N) is 2. The second-order valence-electron chi connectivity index (χ2n) is 7.38. The lowest BCUT2D eigenvalue weighted by atomic mass is 10.1. The fourth-order valence-corrected chi connectivity index (χ4v) is 2.89. The molecular formula is C21H22FN5OS. The molecule has 29 heavy (non-hydrogen) atoms. The summed E-state index contributed by atoms with van der Waals surface area (Å²) in [6, 6.07) is 12.8. The highest BCUT2D eigenvalue weighted by Gasteiger charge is 2.17. The molecule has 0 atom stereocenters. The van der Waals surface area contributed by atoms with E-state index in [1.165, 1.54) is 18.2 Å². The van der Waals surface area contributed by atoms with Crippen molar-refractivity contribution in [1.29, 1.82) is 0 Å². The molecule has 3 N–H and O–H groups in total. The van der Waals surface area contributed by atoms with Gasteiger partial charge in [-0.3, -0.25) is 4.79 Å². The van der Waals surface area contributed by atoms with Crippen LogP contribution in [-0.4, -0.2) is 20.6 Å². The summed E-state index contributed by atoms with van der Waals surface area (Å²) in [6.45, 7) is 6.22. The number of amides is 1. The van der Waals surface area contributed by atoms with Crippen molar-refractivity contribution in [2.45, 2.75) is 26.3 Å². The smallest absolute Gasteiger partial charge is 0.258 e. The first-order valence-corrected chi connectivity index (χ1v) is 9.42. The summed E-state index contributed by atoms with van der Waals surface area (Å²) < 4.78 is 15.7. The monoisotopic (exact) mass is 411 g/mol. The average molecular weight is 412 g/mol. The molecule has 8 heteroatoms. The molecule has 0 unspecified atom stereocenters. The van der Waals surface area contributed by atoms with E-state index in [2.05, 4.69) is 41.7 Å². The largest absolute Gasteiger partial charge is 0.332 e. The fourth-order valence-electron chi connectivity index (χ4n) is 2.68. The topological polar surface area (TPSA) is 71.0 Å². The third kappa shape index (κ3) is 5.17. The van der Waals surface area contributed by atoms with Crippen molar-refractivity contribution in [3.8, 4) is 0 Å². The summed E-state index contributed by atoms with van der Waals surface area (Å²) in [5.74, 6) is -0.424. The molecule has 3 aromatic rings. The van der Waals surface area contributed by atoms with E-state index < -0.39 is 11.7 Å². The number of hydrogen-bond acceptors (Lipinski definition) is 3. The Labute approximate surface area is 174 Å². The summed E-state index contributed by atoms with van der Waals surface area (Å²) in [6.07, 6.45) is 3.60. The number of carbonyl (C=O) groups is 1. The number of hydrogen-bond donors (Lipinski definition) is 3. The maximum Gasteiger partial charge on any atom is 0.258 e. The van der Waals surface area contributed by atoms with Crippen molar-refractivity contribution in [2.24, 2.45) is 0 Å². The molecule has 150 valence electrons. The third-order valence-corrected chi connectivity index (χ3v) is 4.31. The van der Waals surface area contributed by atoms with Gasteiger partial charge in [0.25, 0.3) is 5.91 Å². The number of thiocarbonyl (C=S) groups is 1. The molecule has 0 radical (unpaired) electrons. The van der Waals surface area contributed by atoms with Crippen LogP contribution in [0.25, 0.3) is 0 Å². The number of halogens is 1. The lowest BCUT2D eigenvalue weighted by Gasteiger charge is -2.23. The van der Waals surface area contributed by atoms with Crippen LogP contribution in [0.4, 0.5) is 21.7 Å². The molecule has 0 saturated carbocycles. The highest BCUT2D eigenvalue weighted by atomic mass is 32.1. The first-order valence-electron chi connectivity index (χ1n) is 9.02. The van der Waals surface area contributed by atoms with E-state index in [-0.39, 0.29) is 11.1 Å². The van der Waals surface area contributed by atoms with Crippen LogP contribution in [-0.2, 0) is 5.54 Å². The van der Waals surface area contributed by atoms with E-state index >= 15 is 0 Å². The van der Waals surface area contributed by atoms with Crippen LogP contribution < -0.4 is 16.0 Å². The zero-order valence-electron chi connectivity index (χ0n) is 16.4. The van der Waals surface area contributed by atoms with Gasteiger partial charge in [-0.05, 0) is 69.4 Å². The summed E-state index contributed by atoms with van der Waals surface area (Å²) in [5.41, 5.74) is 1.15. The molecule has 1 heterocycles. The Kier molecular flexibility index (Phi) is 5.93. The van der Waals surface area contributed by atoms with Gasteiger partial charge in [0.2, 0.25) is 5.95 Å². The van der Waals surface area contributed by atoms with E-state index in [0.29, 0.717) is 16.7 Å². The minimum absolute atomic E-state index is 0.00516. The Bertz CT molecular complexity index is 1020. The van der Waals surface area contributed by atoms with E-state index in [0.717, 1.165) is 5.69 Å². The van der Waals surface area contributed by atoms with Gasteiger partial charge in [-0.2, -0.15) is 0 Å². The van der Waals surface area contributed by atoms with Gasteiger partial charge in [0.15, 0.2) is 5.11 Å². The zero-order valence-corrected chi connectivity index (χ0v) is 17.2. The zero-order chi connectivity index (χ0) is 21.0. The van der Waals surface area contributed by atoms with Crippen molar-refractivity contribution in [2.75, 3.05) is 16.0 Å². The van der Waals surface area contributed by atoms with E-state index in [9.17, 15) is 9.18 Å². The van der Waals surface area contributed by atoms with Crippen LogP contribution in [0.2, 0.25) is 0 Å². The number of benzene rings is 2. The van der Waals surface area contributed by atoms with E-state index in [1.54, 1.807) is 36.5 Å². The van der Waals surface area contributed by atoms with Gasteiger partial charge in [-0.1, -0.05) is 12.1 Å². The maximum atomic E-state index is 13.7. The number of nitrogens with one attached hydrogen (secondary N) is 3. The molecule has 0 saturated heterocycles. The summed E-state index contributed by atoms with van der Waals surface area (Å²) in [7, 11) is 0. The summed E-state index contributed by atoms with van der Waals surface area (Å²) >= 11 is 5.36. The molecule has 0 spiro atoms. The third-order valence-electron chi connectivity index (χ3n) is 4.11. The SMILES string of the molecule is CC(C)(C)n1ccnc1NC(=S)Nc1ccc(NC(=O)c2ccccc2F)cc1. The minimum atomic E-state index is -0.562. The Morgan fingerprint density at radius 2 is 1.62 bits per heavy atom. The van der Waals surface area contributed by atoms with Gasteiger partial charge in [0.05, 0.1) is 5.56 Å². The predicted molar refractivity (Wildman–Crippen MR) is 118 cm³/mol.